The normalized spacial score (nSPS) is 31.7. The van der Waals surface area contributed by atoms with Crippen molar-refractivity contribution in [2.24, 2.45) is 5.92 Å². The van der Waals surface area contributed by atoms with Gasteiger partial charge in [-0.1, -0.05) is 0 Å². The third-order valence-corrected chi connectivity index (χ3v) is 4.43. The van der Waals surface area contributed by atoms with Gasteiger partial charge in [-0.05, 0) is 35.2 Å². The lowest BCUT2D eigenvalue weighted by atomic mass is 9.89. The molecule has 3 atom stereocenters. The van der Waals surface area contributed by atoms with Crippen LogP contribution in [0.3, 0.4) is 0 Å². The average molecular weight is 328 g/mol. The SMILES string of the molecule is OC1CCOCC1C1CCCN1c1ncc(Br)cn1. The topological polar surface area (TPSA) is 58.5 Å². The first-order valence-electron chi connectivity index (χ1n) is 6.75. The number of halogens is 1. The van der Waals surface area contributed by atoms with Crippen LogP contribution in [0.25, 0.3) is 0 Å². The minimum Gasteiger partial charge on any atom is -0.393 e. The van der Waals surface area contributed by atoms with Gasteiger partial charge in [0.1, 0.15) is 0 Å². The van der Waals surface area contributed by atoms with Crippen LogP contribution in [-0.2, 0) is 4.74 Å². The lowest BCUT2D eigenvalue weighted by Crippen LogP contribution is -2.46. The number of nitrogens with zero attached hydrogens (tertiary/aromatic N) is 3. The number of hydrogen-bond acceptors (Lipinski definition) is 5. The predicted octanol–water partition coefficient (Wildman–Crippen LogP) is 1.61. The first-order valence-corrected chi connectivity index (χ1v) is 7.55. The molecule has 1 aromatic rings. The predicted molar refractivity (Wildman–Crippen MR) is 75.0 cm³/mol. The van der Waals surface area contributed by atoms with E-state index in [0.717, 1.165) is 36.2 Å². The highest BCUT2D eigenvalue weighted by Crippen LogP contribution is 2.32. The molecule has 2 saturated heterocycles. The molecule has 0 bridgehead atoms. The summed E-state index contributed by atoms with van der Waals surface area (Å²) in [6.45, 7) is 2.26. The molecule has 0 aliphatic carbocycles. The fraction of sp³-hybridized carbons (Fsp3) is 0.692. The molecule has 0 saturated carbocycles. The molecule has 3 unspecified atom stereocenters. The van der Waals surface area contributed by atoms with Crippen molar-refractivity contribution in [2.45, 2.75) is 31.4 Å². The summed E-state index contributed by atoms with van der Waals surface area (Å²) in [6, 6.07) is 0.288. The largest absolute Gasteiger partial charge is 0.393 e. The van der Waals surface area contributed by atoms with Gasteiger partial charge in [0.05, 0.1) is 17.2 Å². The lowest BCUT2D eigenvalue weighted by Gasteiger charge is -2.36. The van der Waals surface area contributed by atoms with E-state index in [1.165, 1.54) is 0 Å². The quantitative estimate of drug-likeness (QED) is 0.894. The molecule has 2 fully saturated rings. The van der Waals surface area contributed by atoms with Crippen LogP contribution in [-0.4, -0.2) is 47.0 Å². The zero-order valence-corrected chi connectivity index (χ0v) is 12.3. The Balaban J connectivity index is 1.79. The van der Waals surface area contributed by atoms with E-state index in [1.807, 2.05) is 0 Å². The van der Waals surface area contributed by atoms with Crippen LogP contribution in [0.5, 0.6) is 0 Å². The summed E-state index contributed by atoms with van der Waals surface area (Å²) in [5.41, 5.74) is 0. The van der Waals surface area contributed by atoms with Crippen molar-refractivity contribution in [3.05, 3.63) is 16.9 Å². The molecule has 0 spiro atoms. The standard InChI is InChI=1S/C13H18BrN3O2/c14-9-6-15-13(16-7-9)17-4-1-2-11(17)10-8-19-5-3-12(10)18/h6-7,10-12,18H,1-5,8H2. The van der Waals surface area contributed by atoms with E-state index in [0.29, 0.717) is 13.2 Å². The van der Waals surface area contributed by atoms with Gasteiger partial charge < -0.3 is 14.7 Å². The number of hydrogen-bond donors (Lipinski definition) is 1. The summed E-state index contributed by atoms with van der Waals surface area (Å²) in [5, 5.41) is 10.2. The Bertz CT molecular complexity index is 428. The van der Waals surface area contributed by atoms with E-state index in [4.69, 9.17) is 4.74 Å². The zero-order valence-electron chi connectivity index (χ0n) is 10.7. The van der Waals surface area contributed by atoms with Crippen LogP contribution in [0.2, 0.25) is 0 Å². The summed E-state index contributed by atoms with van der Waals surface area (Å²) in [7, 11) is 0. The van der Waals surface area contributed by atoms with Gasteiger partial charge in [0.25, 0.3) is 0 Å². The van der Waals surface area contributed by atoms with Crippen molar-refractivity contribution in [2.75, 3.05) is 24.7 Å². The second-order valence-corrected chi connectivity index (χ2v) is 6.11. The van der Waals surface area contributed by atoms with Crippen LogP contribution in [0, 0.1) is 5.92 Å². The maximum absolute atomic E-state index is 10.2. The Labute approximate surface area is 121 Å². The second kappa shape index (κ2) is 5.73. The maximum atomic E-state index is 10.2. The summed E-state index contributed by atoms with van der Waals surface area (Å²) in [5.74, 6) is 0.923. The highest BCUT2D eigenvalue weighted by molar-refractivity contribution is 9.10. The van der Waals surface area contributed by atoms with Crippen molar-refractivity contribution in [3.8, 4) is 0 Å². The molecule has 1 aromatic heterocycles. The summed E-state index contributed by atoms with van der Waals surface area (Å²) in [4.78, 5) is 11.0. The summed E-state index contributed by atoms with van der Waals surface area (Å²) >= 11 is 3.35. The van der Waals surface area contributed by atoms with E-state index < -0.39 is 0 Å². The Morgan fingerprint density at radius 2 is 2.11 bits per heavy atom. The van der Waals surface area contributed by atoms with Gasteiger partial charge in [0.2, 0.25) is 5.95 Å². The summed E-state index contributed by atoms with van der Waals surface area (Å²) < 4.78 is 6.42. The number of anilines is 1. The summed E-state index contributed by atoms with van der Waals surface area (Å²) in [6.07, 6.45) is 6.19. The van der Waals surface area contributed by atoms with Crippen LogP contribution in [0.15, 0.2) is 16.9 Å². The molecular weight excluding hydrogens is 310 g/mol. The number of ether oxygens (including phenoxy) is 1. The highest BCUT2D eigenvalue weighted by Gasteiger charge is 2.38. The zero-order chi connectivity index (χ0) is 13.2. The van der Waals surface area contributed by atoms with E-state index >= 15 is 0 Å². The molecule has 0 radical (unpaired) electrons. The molecule has 2 aliphatic rings. The van der Waals surface area contributed by atoms with Crippen molar-refractivity contribution in [3.63, 3.8) is 0 Å². The van der Waals surface area contributed by atoms with Crippen molar-refractivity contribution < 1.29 is 9.84 Å². The van der Waals surface area contributed by atoms with Crippen LogP contribution < -0.4 is 4.90 Å². The average Bonchev–Trinajstić information content (AvgIpc) is 2.89. The molecule has 19 heavy (non-hydrogen) atoms. The first kappa shape index (κ1) is 13.3. The van der Waals surface area contributed by atoms with Gasteiger partial charge in [-0.25, -0.2) is 9.97 Å². The third-order valence-electron chi connectivity index (χ3n) is 4.02. The van der Waals surface area contributed by atoms with Crippen LogP contribution in [0.4, 0.5) is 5.95 Å². The number of aromatic nitrogens is 2. The van der Waals surface area contributed by atoms with E-state index in [1.54, 1.807) is 12.4 Å². The molecule has 6 heteroatoms. The fourth-order valence-electron chi connectivity index (χ4n) is 3.06. The number of rotatable bonds is 2. The van der Waals surface area contributed by atoms with Gasteiger partial charge >= 0.3 is 0 Å². The molecule has 3 heterocycles. The molecule has 0 amide bonds. The van der Waals surface area contributed by atoms with Crippen molar-refractivity contribution >= 4 is 21.9 Å². The molecular formula is C13H18BrN3O2. The van der Waals surface area contributed by atoms with Gasteiger partial charge in [0, 0.05) is 37.5 Å². The maximum Gasteiger partial charge on any atom is 0.225 e. The van der Waals surface area contributed by atoms with Gasteiger partial charge in [-0.15, -0.1) is 0 Å². The van der Waals surface area contributed by atoms with Crippen molar-refractivity contribution in [1.29, 1.82) is 0 Å². The third kappa shape index (κ3) is 2.75. The first-order chi connectivity index (χ1) is 9.25. The molecule has 0 aromatic carbocycles. The molecule has 2 aliphatic heterocycles. The van der Waals surface area contributed by atoms with Gasteiger partial charge in [-0.2, -0.15) is 0 Å². The van der Waals surface area contributed by atoms with E-state index in [9.17, 15) is 5.11 Å². The van der Waals surface area contributed by atoms with Crippen molar-refractivity contribution in [1.82, 2.24) is 9.97 Å². The minimum atomic E-state index is -0.269. The van der Waals surface area contributed by atoms with E-state index in [-0.39, 0.29) is 18.1 Å². The van der Waals surface area contributed by atoms with Gasteiger partial charge in [-0.3, -0.25) is 0 Å². The van der Waals surface area contributed by atoms with Gasteiger partial charge in [0.15, 0.2) is 0 Å². The Morgan fingerprint density at radius 3 is 2.84 bits per heavy atom. The molecule has 104 valence electrons. The molecule has 1 N–H and O–H groups in total. The Morgan fingerprint density at radius 1 is 1.32 bits per heavy atom. The Hall–Kier alpha value is -0.720. The Kier molecular flexibility index (Phi) is 4.00. The fourth-order valence-corrected chi connectivity index (χ4v) is 3.26. The van der Waals surface area contributed by atoms with Crippen LogP contribution >= 0.6 is 15.9 Å². The van der Waals surface area contributed by atoms with E-state index in [2.05, 4.69) is 30.8 Å². The molecule has 3 rings (SSSR count). The minimum absolute atomic E-state index is 0.170. The van der Waals surface area contributed by atoms with Crippen LogP contribution in [0.1, 0.15) is 19.3 Å². The molecule has 5 nitrogen and oxygen atoms in total. The monoisotopic (exact) mass is 327 g/mol. The smallest absolute Gasteiger partial charge is 0.225 e. The number of aliphatic hydroxyl groups excluding tert-OH is 1. The lowest BCUT2D eigenvalue weighted by molar-refractivity contribution is -0.0438. The second-order valence-electron chi connectivity index (χ2n) is 5.20. The highest BCUT2D eigenvalue weighted by atomic mass is 79.9. The number of aliphatic hydroxyl groups is 1.